The third-order valence-corrected chi connectivity index (χ3v) is 1.32. The minimum absolute atomic E-state index is 1.05. The lowest BCUT2D eigenvalue weighted by molar-refractivity contribution is -0.698. The molecule has 0 aliphatic rings. The molecule has 0 radical (unpaired) electrons. The smallest absolute Gasteiger partial charge is 0.418 e. The summed E-state index contributed by atoms with van der Waals surface area (Å²) < 4.78 is 41.2. The molecule has 1 aromatic heterocycles. The van der Waals surface area contributed by atoms with Crippen LogP contribution in [-0.2, 0) is 6.54 Å². The molecule has 0 spiro atoms. The van der Waals surface area contributed by atoms with E-state index in [1.807, 2.05) is 12.4 Å². The van der Waals surface area contributed by atoms with Gasteiger partial charge in [-0.05, 0) is 6.92 Å². The lowest BCUT2D eigenvalue weighted by Gasteiger charge is -1.94. The van der Waals surface area contributed by atoms with Crippen molar-refractivity contribution in [2.75, 3.05) is 0 Å². The molecular weight excluding hydrogens is 187 g/mol. The van der Waals surface area contributed by atoms with Crippen LogP contribution in [0.15, 0.2) is 12.4 Å². The molecule has 0 aliphatic heterocycles. The van der Waals surface area contributed by atoms with Crippen LogP contribution in [0.5, 0.6) is 0 Å². The van der Waals surface area contributed by atoms with Crippen molar-refractivity contribution in [1.29, 1.82) is 0 Å². The second-order valence-corrected chi connectivity index (χ2v) is 2.33. The monoisotopic (exact) mass is 198 g/mol. The van der Waals surface area contributed by atoms with Crippen molar-refractivity contribution in [2.24, 2.45) is 0 Å². The average molecular weight is 198 g/mol. The van der Waals surface area contributed by atoms with Crippen molar-refractivity contribution < 1.29 is 21.8 Å². The van der Waals surface area contributed by atoms with Crippen LogP contribution in [0.2, 0.25) is 0 Å². The van der Waals surface area contributed by atoms with Crippen LogP contribution < -0.4 is 4.57 Å². The van der Waals surface area contributed by atoms with Crippen molar-refractivity contribution in [3.63, 3.8) is 0 Å². The molecule has 0 aromatic carbocycles. The van der Waals surface area contributed by atoms with Crippen molar-refractivity contribution in [1.82, 2.24) is 4.98 Å². The SMILES string of the molecule is CC[n+]1cc[nH]c1C.F[B-](F)(F)F. The summed E-state index contributed by atoms with van der Waals surface area (Å²) >= 11 is 0. The van der Waals surface area contributed by atoms with E-state index < -0.39 is 7.25 Å². The first-order valence-corrected chi connectivity index (χ1v) is 3.75. The number of halogens is 4. The van der Waals surface area contributed by atoms with E-state index in [2.05, 4.69) is 23.4 Å². The predicted octanol–water partition coefficient (Wildman–Crippen LogP) is 1.93. The van der Waals surface area contributed by atoms with Gasteiger partial charge in [0.05, 0.1) is 6.54 Å². The number of nitrogens with one attached hydrogen (secondary N) is 1. The Bertz CT molecular complexity index is 239. The molecule has 0 aliphatic carbocycles. The van der Waals surface area contributed by atoms with E-state index >= 15 is 0 Å². The van der Waals surface area contributed by atoms with E-state index in [0.29, 0.717) is 0 Å². The van der Waals surface area contributed by atoms with Gasteiger partial charge in [0.1, 0.15) is 12.4 Å². The van der Waals surface area contributed by atoms with Gasteiger partial charge >= 0.3 is 7.25 Å². The third kappa shape index (κ3) is 7.36. The van der Waals surface area contributed by atoms with Crippen LogP contribution >= 0.6 is 0 Å². The highest BCUT2D eigenvalue weighted by molar-refractivity contribution is 6.50. The Morgan fingerprint density at radius 1 is 1.38 bits per heavy atom. The standard InChI is InChI=1S/C6H10N2.BF4/c1-3-8-5-4-7-6(8)2;2-1(3,4)5/h4-5H,3H2,1-2H3;/q;-1/p+1. The molecule has 0 amide bonds. The third-order valence-electron chi connectivity index (χ3n) is 1.32. The number of hydrogen-bond acceptors (Lipinski definition) is 0. The predicted molar refractivity (Wildman–Crippen MR) is 41.6 cm³/mol. The second kappa shape index (κ2) is 4.88. The van der Waals surface area contributed by atoms with Crippen molar-refractivity contribution in [3.05, 3.63) is 18.2 Å². The van der Waals surface area contributed by atoms with E-state index in [4.69, 9.17) is 0 Å². The molecule has 13 heavy (non-hydrogen) atoms. The molecule has 7 heteroatoms. The van der Waals surface area contributed by atoms with Gasteiger partial charge in [-0.1, -0.05) is 0 Å². The summed E-state index contributed by atoms with van der Waals surface area (Å²) in [4.78, 5) is 3.08. The molecule has 76 valence electrons. The van der Waals surface area contributed by atoms with E-state index in [1.54, 1.807) is 0 Å². The van der Waals surface area contributed by atoms with Gasteiger partial charge in [-0.3, -0.25) is 0 Å². The largest absolute Gasteiger partial charge is 0.673 e. The van der Waals surface area contributed by atoms with Crippen molar-refractivity contribution in [2.45, 2.75) is 20.4 Å². The quantitative estimate of drug-likeness (QED) is 0.404. The summed E-state index contributed by atoms with van der Waals surface area (Å²) in [5, 5.41) is 0. The highest BCUT2D eigenvalue weighted by Crippen LogP contribution is 2.06. The summed E-state index contributed by atoms with van der Waals surface area (Å²) in [7, 11) is -6.00. The summed E-state index contributed by atoms with van der Waals surface area (Å²) in [6.45, 7) is 5.24. The second-order valence-electron chi connectivity index (χ2n) is 2.33. The van der Waals surface area contributed by atoms with E-state index in [9.17, 15) is 17.3 Å². The first-order chi connectivity index (χ1) is 5.84. The van der Waals surface area contributed by atoms with Gasteiger partial charge in [-0.15, -0.1) is 0 Å². The number of imidazole rings is 1. The Hall–Kier alpha value is -1.01. The van der Waals surface area contributed by atoms with Gasteiger partial charge in [0.2, 0.25) is 0 Å². The Kier molecular flexibility index (Phi) is 4.51. The molecule has 2 nitrogen and oxygen atoms in total. The van der Waals surface area contributed by atoms with Gasteiger partial charge in [0, 0.05) is 6.92 Å². The molecule has 0 unspecified atom stereocenters. The number of rotatable bonds is 1. The van der Waals surface area contributed by atoms with Gasteiger partial charge in [0.15, 0.2) is 0 Å². The fourth-order valence-corrected chi connectivity index (χ4v) is 0.785. The Labute approximate surface area is 73.7 Å². The zero-order valence-electron chi connectivity index (χ0n) is 7.40. The molecule has 1 heterocycles. The van der Waals surface area contributed by atoms with E-state index in [1.165, 1.54) is 5.82 Å². The number of nitrogens with zero attached hydrogens (tertiary/aromatic N) is 1. The Balaban J connectivity index is 0.000000252. The maximum absolute atomic E-state index is 9.75. The maximum atomic E-state index is 9.75. The fraction of sp³-hybridized carbons (Fsp3) is 0.500. The molecule has 0 saturated carbocycles. The number of aromatic nitrogens is 2. The zero-order chi connectivity index (χ0) is 10.5. The van der Waals surface area contributed by atoms with Crippen LogP contribution in [0.3, 0.4) is 0 Å². The molecule has 1 aromatic rings. The highest BCUT2D eigenvalue weighted by atomic mass is 19.5. The van der Waals surface area contributed by atoms with Gasteiger partial charge in [-0.2, -0.15) is 0 Å². The minimum atomic E-state index is -6.00. The van der Waals surface area contributed by atoms with Crippen LogP contribution in [0.4, 0.5) is 17.3 Å². The zero-order valence-corrected chi connectivity index (χ0v) is 7.40. The lowest BCUT2D eigenvalue weighted by Crippen LogP contribution is -2.32. The number of aromatic amines is 1. The maximum Gasteiger partial charge on any atom is 0.673 e. The van der Waals surface area contributed by atoms with Crippen molar-refractivity contribution >= 4 is 7.25 Å². The summed E-state index contributed by atoms with van der Waals surface area (Å²) in [5.41, 5.74) is 0. The summed E-state index contributed by atoms with van der Waals surface area (Å²) in [6.07, 6.45) is 3.98. The number of aryl methyl sites for hydroxylation is 2. The topological polar surface area (TPSA) is 19.7 Å². The molecule has 0 fully saturated rings. The van der Waals surface area contributed by atoms with Gasteiger partial charge < -0.3 is 17.3 Å². The Morgan fingerprint density at radius 2 is 1.85 bits per heavy atom. The molecule has 1 rings (SSSR count). The van der Waals surface area contributed by atoms with Crippen LogP contribution in [-0.4, -0.2) is 12.2 Å². The molecule has 0 bridgehead atoms. The summed E-state index contributed by atoms with van der Waals surface area (Å²) in [6, 6.07) is 0. The molecule has 0 saturated heterocycles. The lowest BCUT2D eigenvalue weighted by atomic mass is 10.3. The van der Waals surface area contributed by atoms with Gasteiger partial charge in [-0.25, -0.2) is 9.55 Å². The first kappa shape index (κ1) is 12.0. The number of hydrogen-bond donors (Lipinski definition) is 1. The van der Waals surface area contributed by atoms with E-state index in [0.717, 1.165) is 6.54 Å². The molecule has 0 atom stereocenters. The van der Waals surface area contributed by atoms with Crippen LogP contribution in [0, 0.1) is 6.92 Å². The van der Waals surface area contributed by atoms with Crippen molar-refractivity contribution in [3.8, 4) is 0 Å². The van der Waals surface area contributed by atoms with Crippen LogP contribution in [0.25, 0.3) is 0 Å². The Morgan fingerprint density at radius 3 is 2.00 bits per heavy atom. The molecule has 1 N–H and O–H groups in total. The fourth-order valence-electron chi connectivity index (χ4n) is 0.785. The normalized spacial score (nSPS) is 10.6. The highest BCUT2D eigenvalue weighted by Gasteiger charge is 2.20. The van der Waals surface area contributed by atoms with Crippen LogP contribution in [0.1, 0.15) is 12.7 Å². The minimum Gasteiger partial charge on any atom is -0.418 e. The summed E-state index contributed by atoms with van der Waals surface area (Å²) in [5.74, 6) is 1.22. The van der Waals surface area contributed by atoms with Gasteiger partial charge in [0.25, 0.3) is 5.82 Å². The first-order valence-electron chi connectivity index (χ1n) is 3.75. The number of H-pyrrole nitrogens is 1. The molecular formula is C6H11BF4N2. The average Bonchev–Trinajstić information content (AvgIpc) is 2.31. The van der Waals surface area contributed by atoms with E-state index in [-0.39, 0.29) is 0 Å².